The molecule has 17 heavy (non-hydrogen) atoms. The molecule has 2 saturated heterocycles. The SMILES string of the molecule is CN1C2COCC1CC(O)(c1ncccn1)C2. The van der Waals surface area contributed by atoms with Crippen molar-refractivity contribution in [1.82, 2.24) is 14.9 Å². The van der Waals surface area contributed by atoms with E-state index in [1.807, 2.05) is 0 Å². The fourth-order valence-corrected chi connectivity index (χ4v) is 2.86. The highest BCUT2D eigenvalue weighted by Gasteiger charge is 2.47. The minimum Gasteiger partial charge on any atom is -0.382 e. The number of morpholine rings is 1. The van der Waals surface area contributed by atoms with Crippen LogP contribution in [0.1, 0.15) is 18.7 Å². The first-order valence-electron chi connectivity index (χ1n) is 5.98. The highest BCUT2D eigenvalue weighted by molar-refractivity contribution is 5.08. The Balaban J connectivity index is 1.90. The number of nitrogens with zero attached hydrogens (tertiary/aromatic N) is 3. The molecule has 5 heteroatoms. The van der Waals surface area contributed by atoms with Crippen molar-refractivity contribution in [2.45, 2.75) is 30.5 Å². The van der Waals surface area contributed by atoms with Crippen LogP contribution in [-0.2, 0) is 10.3 Å². The van der Waals surface area contributed by atoms with Gasteiger partial charge in [-0.2, -0.15) is 0 Å². The Hall–Kier alpha value is -1.04. The predicted molar refractivity (Wildman–Crippen MR) is 61.3 cm³/mol. The molecular formula is C12H17N3O2. The number of hydrogen-bond acceptors (Lipinski definition) is 5. The van der Waals surface area contributed by atoms with Crippen LogP contribution in [0, 0.1) is 0 Å². The number of fused-ring (bicyclic) bond motifs is 2. The molecule has 3 heterocycles. The maximum absolute atomic E-state index is 10.8. The zero-order valence-corrected chi connectivity index (χ0v) is 9.91. The van der Waals surface area contributed by atoms with Gasteiger partial charge in [0, 0.05) is 37.3 Å². The fourth-order valence-electron chi connectivity index (χ4n) is 2.86. The number of hydrogen-bond donors (Lipinski definition) is 1. The molecule has 0 aliphatic carbocycles. The highest BCUT2D eigenvalue weighted by Crippen LogP contribution is 2.38. The van der Waals surface area contributed by atoms with Gasteiger partial charge in [0.1, 0.15) is 5.60 Å². The van der Waals surface area contributed by atoms with Crippen LogP contribution < -0.4 is 0 Å². The van der Waals surface area contributed by atoms with Crippen molar-refractivity contribution in [2.75, 3.05) is 20.3 Å². The summed E-state index contributed by atoms with van der Waals surface area (Å²) in [5, 5.41) is 10.8. The third-order valence-corrected chi connectivity index (χ3v) is 3.90. The number of likely N-dealkylation sites (N-methyl/N-ethyl adjacent to an activating group) is 1. The molecule has 2 aliphatic heterocycles. The van der Waals surface area contributed by atoms with E-state index in [0.717, 1.165) is 0 Å². The summed E-state index contributed by atoms with van der Waals surface area (Å²) in [6, 6.07) is 2.29. The molecule has 5 nitrogen and oxygen atoms in total. The van der Waals surface area contributed by atoms with E-state index in [0.29, 0.717) is 31.9 Å². The second-order valence-corrected chi connectivity index (χ2v) is 5.02. The zero-order chi connectivity index (χ0) is 11.9. The minimum absolute atomic E-state index is 0.260. The van der Waals surface area contributed by atoms with Crippen molar-refractivity contribution >= 4 is 0 Å². The summed E-state index contributed by atoms with van der Waals surface area (Å²) in [4.78, 5) is 10.7. The highest BCUT2D eigenvalue weighted by atomic mass is 16.5. The lowest BCUT2D eigenvalue weighted by Crippen LogP contribution is -2.59. The number of rotatable bonds is 1. The quantitative estimate of drug-likeness (QED) is 0.751. The molecule has 92 valence electrons. The number of ether oxygens (including phenoxy) is 1. The summed E-state index contributed by atoms with van der Waals surface area (Å²) in [7, 11) is 2.10. The lowest BCUT2D eigenvalue weighted by atomic mass is 9.81. The van der Waals surface area contributed by atoms with Crippen LogP contribution in [0.5, 0.6) is 0 Å². The Morgan fingerprint density at radius 1 is 1.29 bits per heavy atom. The summed E-state index contributed by atoms with van der Waals surface area (Å²) in [6.07, 6.45) is 4.66. The molecule has 0 amide bonds. The summed E-state index contributed by atoms with van der Waals surface area (Å²) in [5.41, 5.74) is -0.896. The predicted octanol–water partition coefficient (Wildman–Crippen LogP) is 0.157. The molecule has 1 aromatic rings. The third-order valence-electron chi connectivity index (χ3n) is 3.90. The van der Waals surface area contributed by atoms with Gasteiger partial charge in [-0.1, -0.05) is 0 Å². The first-order chi connectivity index (χ1) is 8.19. The Bertz CT molecular complexity index is 384. The molecule has 0 radical (unpaired) electrons. The smallest absolute Gasteiger partial charge is 0.160 e. The average molecular weight is 235 g/mol. The number of aromatic nitrogens is 2. The van der Waals surface area contributed by atoms with Gasteiger partial charge in [0.2, 0.25) is 0 Å². The van der Waals surface area contributed by atoms with Gasteiger partial charge in [0.25, 0.3) is 0 Å². The Morgan fingerprint density at radius 3 is 2.47 bits per heavy atom. The minimum atomic E-state index is -0.896. The maximum atomic E-state index is 10.8. The third kappa shape index (κ3) is 1.84. The molecule has 2 atom stereocenters. The Morgan fingerprint density at radius 2 is 1.88 bits per heavy atom. The van der Waals surface area contributed by atoms with Gasteiger partial charge in [0.15, 0.2) is 5.82 Å². The van der Waals surface area contributed by atoms with Gasteiger partial charge >= 0.3 is 0 Å². The van der Waals surface area contributed by atoms with Crippen LogP contribution >= 0.6 is 0 Å². The van der Waals surface area contributed by atoms with Crippen LogP contribution in [-0.4, -0.2) is 52.3 Å². The molecule has 1 N–H and O–H groups in total. The zero-order valence-electron chi connectivity index (χ0n) is 9.91. The van der Waals surface area contributed by atoms with E-state index in [1.54, 1.807) is 18.5 Å². The van der Waals surface area contributed by atoms with Gasteiger partial charge in [-0.05, 0) is 13.1 Å². The summed E-state index contributed by atoms with van der Waals surface area (Å²) in [6.45, 7) is 1.37. The summed E-state index contributed by atoms with van der Waals surface area (Å²) < 4.78 is 5.54. The van der Waals surface area contributed by atoms with Crippen molar-refractivity contribution in [2.24, 2.45) is 0 Å². The molecule has 2 fully saturated rings. The standard InChI is InChI=1S/C12H17N3O2/c1-15-9-5-12(16,6-10(15)8-17-7-9)11-13-3-2-4-14-11/h2-4,9-10,16H,5-8H2,1H3. The first kappa shape index (κ1) is 11.1. The van der Waals surface area contributed by atoms with Crippen molar-refractivity contribution < 1.29 is 9.84 Å². The van der Waals surface area contributed by atoms with E-state index in [9.17, 15) is 5.11 Å². The van der Waals surface area contributed by atoms with E-state index >= 15 is 0 Å². The maximum Gasteiger partial charge on any atom is 0.160 e. The Kier molecular flexibility index (Phi) is 2.61. The van der Waals surface area contributed by atoms with Crippen LogP contribution in [0.2, 0.25) is 0 Å². The van der Waals surface area contributed by atoms with E-state index in [-0.39, 0.29) is 12.1 Å². The molecule has 1 aromatic heterocycles. The largest absolute Gasteiger partial charge is 0.382 e. The van der Waals surface area contributed by atoms with Crippen molar-refractivity contribution in [3.8, 4) is 0 Å². The van der Waals surface area contributed by atoms with Gasteiger partial charge < -0.3 is 9.84 Å². The Labute approximate surface area is 100 Å². The van der Waals surface area contributed by atoms with Crippen LogP contribution in [0.3, 0.4) is 0 Å². The molecule has 2 unspecified atom stereocenters. The summed E-state index contributed by atoms with van der Waals surface area (Å²) in [5.74, 6) is 0.546. The van der Waals surface area contributed by atoms with E-state index < -0.39 is 5.60 Å². The lowest BCUT2D eigenvalue weighted by molar-refractivity contribution is -0.140. The second-order valence-electron chi connectivity index (χ2n) is 5.02. The van der Waals surface area contributed by atoms with E-state index in [1.165, 1.54) is 0 Å². The van der Waals surface area contributed by atoms with Gasteiger partial charge in [-0.3, -0.25) is 4.90 Å². The molecule has 0 spiro atoms. The van der Waals surface area contributed by atoms with Crippen molar-refractivity contribution in [3.05, 3.63) is 24.3 Å². The van der Waals surface area contributed by atoms with Crippen LogP contribution in [0.25, 0.3) is 0 Å². The van der Waals surface area contributed by atoms with Crippen molar-refractivity contribution in [3.63, 3.8) is 0 Å². The van der Waals surface area contributed by atoms with Crippen molar-refractivity contribution in [1.29, 1.82) is 0 Å². The molecule has 2 aliphatic rings. The lowest BCUT2D eigenvalue weighted by Gasteiger charge is -2.49. The topological polar surface area (TPSA) is 58.5 Å². The second kappa shape index (κ2) is 4.01. The molecule has 2 bridgehead atoms. The average Bonchev–Trinajstić information content (AvgIpc) is 2.33. The van der Waals surface area contributed by atoms with Gasteiger partial charge in [-0.25, -0.2) is 9.97 Å². The number of piperidine rings is 1. The molecule has 3 rings (SSSR count). The monoisotopic (exact) mass is 235 g/mol. The number of aliphatic hydroxyl groups is 1. The van der Waals surface area contributed by atoms with Crippen LogP contribution in [0.15, 0.2) is 18.5 Å². The van der Waals surface area contributed by atoms with E-state index in [2.05, 4.69) is 21.9 Å². The molecule has 0 aromatic carbocycles. The molecule has 0 saturated carbocycles. The molecular weight excluding hydrogens is 218 g/mol. The summed E-state index contributed by atoms with van der Waals surface area (Å²) >= 11 is 0. The van der Waals surface area contributed by atoms with Crippen LogP contribution in [0.4, 0.5) is 0 Å². The van der Waals surface area contributed by atoms with E-state index in [4.69, 9.17) is 4.74 Å². The van der Waals surface area contributed by atoms with Gasteiger partial charge in [-0.15, -0.1) is 0 Å². The fraction of sp³-hybridized carbons (Fsp3) is 0.667. The van der Waals surface area contributed by atoms with Gasteiger partial charge in [0.05, 0.1) is 13.2 Å². The first-order valence-corrected chi connectivity index (χ1v) is 5.98. The normalized spacial score (nSPS) is 38.0.